The van der Waals surface area contributed by atoms with Crippen molar-refractivity contribution in [2.45, 2.75) is 25.7 Å². The first-order valence-electron chi connectivity index (χ1n) is 6.78. The minimum atomic E-state index is -0.0243. The zero-order chi connectivity index (χ0) is 16.8. The summed E-state index contributed by atoms with van der Waals surface area (Å²) in [6.07, 6.45) is 14.4. The quantitative estimate of drug-likeness (QED) is 0.445. The molecule has 0 N–H and O–H groups in total. The molecule has 1 aliphatic carbocycles. The summed E-state index contributed by atoms with van der Waals surface area (Å²) in [4.78, 5) is 0. The SMILES string of the molecule is C=CCC[O-].C=CCC[O-].C=CCC[O-].[Hf+3][C]1=CC=CC1. The van der Waals surface area contributed by atoms with Gasteiger partial charge in [-0.2, -0.15) is 0 Å². The molecule has 0 atom stereocenters. The van der Waals surface area contributed by atoms with E-state index < -0.39 is 0 Å². The summed E-state index contributed by atoms with van der Waals surface area (Å²) in [5, 5.41) is 28.4. The molecule has 1 rings (SSSR count). The summed E-state index contributed by atoms with van der Waals surface area (Å²) in [7, 11) is 0. The molecule has 0 unspecified atom stereocenters. The molecule has 0 heterocycles. The van der Waals surface area contributed by atoms with Gasteiger partial charge in [-0.05, 0) is 0 Å². The first kappa shape index (κ1) is 25.4. The summed E-state index contributed by atoms with van der Waals surface area (Å²) in [6, 6.07) is 0. The first-order chi connectivity index (χ1) is 10.1. The average molecular weight is 457 g/mol. The van der Waals surface area contributed by atoms with E-state index in [0.717, 1.165) is 0 Å². The van der Waals surface area contributed by atoms with Crippen LogP contribution < -0.4 is 15.3 Å². The molecule has 4 heteroatoms. The van der Waals surface area contributed by atoms with Crippen LogP contribution in [0.2, 0.25) is 0 Å². The molecule has 0 bridgehead atoms. The van der Waals surface area contributed by atoms with E-state index in [4.69, 9.17) is 0 Å². The maximum absolute atomic E-state index is 9.46. The van der Waals surface area contributed by atoms with E-state index >= 15 is 0 Å². The Labute approximate surface area is 144 Å². The van der Waals surface area contributed by atoms with Gasteiger partial charge in [0.05, 0.1) is 0 Å². The van der Waals surface area contributed by atoms with E-state index in [1.165, 1.54) is 30.8 Å². The Bertz CT molecular complexity index is 260. The molecule has 0 radical (unpaired) electrons. The minimum absolute atomic E-state index is 0.0243. The molecule has 3 nitrogen and oxygen atoms in total. The number of allylic oxidation sites excluding steroid dienone is 4. The van der Waals surface area contributed by atoms with Gasteiger partial charge in [0.2, 0.25) is 0 Å². The van der Waals surface area contributed by atoms with Gasteiger partial charge in [0.15, 0.2) is 0 Å². The Kier molecular flexibility index (Phi) is 33.6. The van der Waals surface area contributed by atoms with E-state index in [-0.39, 0.29) is 19.8 Å². The van der Waals surface area contributed by atoms with Crippen molar-refractivity contribution >= 4 is 0 Å². The van der Waals surface area contributed by atoms with Crippen molar-refractivity contribution < 1.29 is 39.7 Å². The molecular formula is C17H26HfO3. The van der Waals surface area contributed by atoms with Crippen molar-refractivity contribution in [1.82, 2.24) is 0 Å². The average Bonchev–Trinajstić information content (AvgIpc) is 2.95. The molecule has 116 valence electrons. The summed E-state index contributed by atoms with van der Waals surface area (Å²) in [5.74, 6) is 0. The molecule has 0 fully saturated rings. The van der Waals surface area contributed by atoms with Gasteiger partial charge in [-0.1, -0.05) is 37.5 Å². The zero-order valence-corrected chi connectivity index (χ0v) is 16.4. The predicted octanol–water partition coefficient (Wildman–Crippen LogP) is 1.15. The van der Waals surface area contributed by atoms with Crippen LogP contribution in [-0.4, -0.2) is 19.8 Å². The topological polar surface area (TPSA) is 69.2 Å². The molecule has 0 aromatic heterocycles. The Morgan fingerprint density at radius 2 is 1.29 bits per heavy atom. The van der Waals surface area contributed by atoms with Crippen LogP contribution in [0.15, 0.2) is 59.5 Å². The van der Waals surface area contributed by atoms with E-state index in [0.29, 0.717) is 19.3 Å². The Hall–Kier alpha value is -0.550. The Morgan fingerprint density at radius 3 is 1.33 bits per heavy atom. The molecule has 0 aliphatic heterocycles. The van der Waals surface area contributed by atoms with E-state index in [9.17, 15) is 15.3 Å². The van der Waals surface area contributed by atoms with Gasteiger partial charge in [-0.15, -0.1) is 39.6 Å². The summed E-state index contributed by atoms with van der Waals surface area (Å²) < 4.78 is 1.61. The fourth-order valence-electron chi connectivity index (χ4n) is 0.697. The summed E-state index contributed by atoms with van der Waals surface area (Å²) >= 11 is 1.25. The second-order valence-corrected chi connectivity index (χ2v) is 5.98. The standard InChI is InChI=1S/C5H5.3C4H7O.Hf/c1-2-4-5-3-1;3*1-2-3-4-5;/h1-3H,4H2;3*2H,1,3-4H2;/q;3*-1;+3. The van der Waals surface area contributed by atoms with Crippen LogP contribution in [-0.2, 0) is 24.4 Å². The Balaban J connectivity index is -0.000000207. The molecule has 0 saturated heterocycles. The molecule has 0 spiro atoms. The van der Waals surface area contributed by atoms with Gasteiger partial charge in [-0.3, -0.25) is 0 Å². The van der Waals surface area contributed by atoms with Crippen molar-refractivity contribution in [2.24, 2.45) is 0 Å². The number of hydrogen-bond acceptors (Lipinski definition) is 3. The van der Waals surface area contributed by atoms with Crippen molar-refractivity contribution in [3.05, 3.63) is 59.5 Å². The van der Waals surface area contributed by atoms with Crippen LogP contribution >= 0.6 is 0 Å². The molecule has 1 aliphatic rings. The Morgan fingerprint density at radius 1 is 0.905 bits per heavy atom. The fourth-order valence-corrected chi connectivity index (χ4v) is 1.47. The monoisotopic (exact) mass is 458 g/mol. The second kappa shape index (κ2) is 27.7. The van der Waals surface area contributed by atoms with E-state index in [1.54, 1.807) is 21.6 Å². The van der Waals surface area contributed by atoms with E-state index in [2.05, 4.69) is 38.0 Å². The molecule has 0 saturated carbocycles. The molecule has 0 amide bonds. The van der Waals surface area contributed by atoms with Gasteiger partial charge in [0, 0.05) is 0 Å². The van der Waals surface area contributed by atoms with Crippen LogP contribution in [0.4, 0.5) is 0 Å². The maximum atomic E-state index is 9.46. The first-order valence-corrected chi connectivity index (χ1v) is 8.58. The van der Waals surface area contributed by atoms with Crippen LogP contribution in [0.1, 0.15) is 25.7 Å². The van der Waals surface area contributed by atoms with Gasteiger partial charge >= 0.3 is 52.4 Å². The van der Waals surface area contributed by atoms with Gasteiger partial charge < -0.3 is 15.3 Å². The molecule has 0 aromatic carbocycles. The number of rotatable bonds is 6. The van der Waals surface area contributed by atoms with Crippen molar-refractivity contribution in [3.8, 4) is 0 Å². The van der Waals surface area contributed by atoms with Crippen LogP contribution in [0.25, 0.3) is 0 Å². The zero-order valence-electron chi connectivity index (χ0n) is 12.8. The molecule has 21 heavy (non-hydrogen) atoms. The van der Waals surface area contributed by atoms with Crippen LogP contribution in [0, 0.1) is 0 Å². The predicted molar refractivity (Wildman–Crippen MR) is 80.9 cm³/mol. The second-order valence-electron chi connectivity index (χ2n) is 3.67. The van der Waals surface area contributed by atoms with Crippen molar-refractivity contribution in [2.75, 3.05) is 19.8 Å². The van der Waals surface area contributed by atoms with Crippen molar-refractivity contribution in [3.63, 3.8) is 0 Å². The summed E-state index contributed by atoms with van der Waals surface area (Å²) in [5.41, 5.74) is 0. The van der Waals surface area contributed by atoms with Gasteiger partial charge in [0.25, 0.3) is 0 Å². The molecule has 0 aromatic rings. The number of hydrogen-bond donors (Lipinski definition) is 0. The molecular weight excluding hydrogens is 431 g/mol. The fraction of sp³-hybridized carbons (Fsp3) is 0.412. The van der Waals surface area contributed by atoms with Crippen molar-refractivity contribution in [1.29, 1.82) is 0 Å². The summed E-state index contributed by atoms with van der Waals surface area (Å²) in [6.45, 7) is 9.98. The van der Waals surface area contributed by atoms with Gasteiger partial charge in [0.1, 0.15) is 0 Å². The van der Waals surface area contributed by atoms with Gasteiger partial charge in [-0.25, -0.2) is 0 Å². The van der Waals surface area contributed by atoms with Crippen LogP contribution in [0.3, 0.4) is 0 Å². The van der Waals surface area contributed by atoms with E-state index in [1.807, 2.05) is 0 Å². The normalized spacial score (nSPS) is 10.6. The van der Waals surface area contributed by atoms with Crippen LogP contribution in [0.5, 0.6) is 0 Å². The third kappa shape index (κ3) is 38.2. The third-order valence-electron chi connectivity index (χ3n) is 1.74. The third-order valence-corrected chi connectivity index (χ3v) is 3.07.